The van der Waals surface area contributed by atoms with Gasteiger partial charge in [0.2, 0.25) is 0 Å². The lowest BCUT2D eigenvalue weighted by Crippen LogP contribution is -2.12. The molecule has 19 heavy (non-hydrogen) atoms. The summed E-state index contributed by atoms with van der Waals surface area (Å²) in [6, 6.07) is 15.8. The predicted octanol–water partition coefficient (Wildman–Crippen LogP) is 4.91. The van der Waals surface area contributed by atoms with Crippen LogP contribution >= 0.6 is 10.7 Å². The first-order valence-corrected chi connectivity index (χ1v) is 8.16. The van der Waals surface area contributed by atoms with Crippen LogP contribution in [0.5, 0.6) is 0 Å². The highest BCUT2D eigenvalue weighted by molar-refractivity contribution is 8.08. The van der Waals surface area contributed by atoms with Gasteiger partial charge in [0, 0.05) is 0 Å². The second-order valence-electron chi connectivity index (χ2n) is 5.52. The van der Waals surface area contributed by atoms with E-state index >= 15 is 0 Å². The topological polar surface area (TPSA) is 17.1 Å². The zero-order valence-corrected chi connectivity index (χ0v) is 12.9. The fourth-order valence-corrected chi connectivity index (χ4v) is 3.14. The SMILES string of the molecule is CC(C)(C)c1ccccc1-c1ccccc1S(=O)Cl. The molecule has 0 aliphatic rings. The summed E-state index contributed by atoms with van der Waals surface area (Å²) in [6.45, 7) is 6.52. The maximum atomic E-state index is 11.7. The van der Waals surface area contributed by atoms with E-state index in [1.165, 1.54) is 5.56 Å². The summed E-state index contributed by atoms with van der Waals surface area (Å²) in [7, 11) is 4.29. The highest BCUT2D eigenvalue weighted by Gasteiger charge is 2.20. The Morgan fingerprint density at radius 3 is 2.00 bits per heavy atom. The maximum absolute atomic E-state index is 11.7. The van der Waals surface area contributed by atoms with Crippen molar-refractivity contribution in [2.75, 3.05) is 0 Å². The largest absolute Gasteiger partial charge is 0.237 e. The Kier molecular flexibility index (Phi) is 4.12. The molecule has 0 bridgehead atoms. The molecule has 3 heteroatoms. The van der Waals surface area contributed by atoms with E-state index in [9.17, 15) is 4.21 Å². The van der Waals surface area contributed by atoms with Crippen molar-refractivity contribution in [2.24, 2.45) is 0 Å². The Morgan fingerprint density at radius 1 is 0.895 bits per heavy atom. The summed E-state index contributed by atoms with van der Waals surface area (Å²) in [5.41, 5.74) is 3.29. The minimum atomic E-state index is -1.50. The van der Waals surface area contributed by atoms with Gasteiger partial charge in [-0.1, -0.05) is 63.2 Å². The van der Waals surface area contributed by atoms with Crippen molar-refractivity contribution in [3.05, 3.63) is 54.1 Å². The first kappa shape index (κ1) is 14.3. The van der Waals surface area contributed by atoms with Crippen molar-refractivity contribution in [1.29, 1.82) is 0 Å². The Labute approximate surface area is 121 Å². The zero-order valence-electron chi connectivity index (χ0n) is 11.3. The molecular weight excluding hydrogens is 276 g/mol. The lowest BCUT2D eigenvalue weighted by Gasteiger charge is -2.23. The number of hydrogen-bond acceptors (Lipinski definition) is 1. The van der Waals surface area contributed by atoms with E-state index in [1.54, 1.807) is 0 Å². The van der Waals surface area contributed by atoms with Gasteiger partial charge in [-0.25, -0.2) is 4.21 Å². The van der Waals surface area contributed by atoms with E-state index in [-0.39, 0.29) is 5.41 Å². The van der Waals surface area contributed by atoms with E-state index < -0.39 is 10.0 Å². The highest BCUT2D eigenvalue weighted by Crippen LogP contribution is 2.35. The van der Waals surface area contributed by atoms with Gasteiger partial charge in [-0.3, -0.25) is 0 Å². The molecule has 1 atom stereocenters. The third kappa shape index (κ3) is 3.07. The van der Waals surface area contributed by atoms with Crippen LogP contribution in [0.2, 0.25) is 0 Å². The zero-order chi connectivity index (χ0) is 14.0. The predicted molar refractivity (Wildman–Crippen MR) is 82.8 cm³/mol. The second kappa shape index (κ2) is 5.48. The summed E-state index contributed by atoms with van der Waals surface area (Å²) < 4.78 is 11.7. The number of halogens is 1. The van der Waals surface area contributed by atoms with Crippen molar-refractivity contribution in [2.45, 2.75) is 31.1 Å². The van der Waals surface area contributed by atoms with E-state index in [0.29, 0.717) is 4.90 Å². The van der Waals surface area contributed by atoms with Gasteiger partial charge < -0.3 is 0 Å². The van der Waals surface area contributed by atoms with Crippen molar-refractivity contribution < 1.29 is 4.21 Å². The van der Waals surface area contributed by atoms with Crippen LogP contribution in [0.4, 0.5) is 0 Å². The number of hydrogen-bond donors (Lipinski definition) is 0. The van der Waals surface area contributed by atoms with Crippen LogP contribution in [0.3, 0.4) is 0 Å². The van der Waals surface area contributed by atoms with Crippen LogP contribution in [0, 0.1) is 0 Å². The van der Waals surface area contributed by atoms with Crippen LogP contribution in [-0.2, 0) is 15.4 Å². The molecule has 0 amide bonds. The summed E-state index contributed by atoms with van der Waals surface area (Å²) >= 11 is 0. The Morgan fingerprint density at radius 2 is 1.42 bits per heavy atom. The van der Waals surface area contributed by atoms with Crippen LogP contribution in [0.25, 0.3) is 11.1 Å². The fourth-order valence-electron chi connectivity index (χ4n) is 2.20. The van der Waals surface area contributed by atoms with Gasteiger partial charge in [-0.05, 0) is 38.9 Å². The molecule has 1 nitrogen and oxygen atoms in total. The van der Waals surface area contributed by atoms with Crippen LogP contribution in [0.1, 0.15) is 26.3 Å². The summed E-state index contributed by atoms with van der Waals surface area (Å²) in [4.78, 5) is 0.667. The third-order valence-electron chi connectivity index (χ3n) is 3.09. The highest BCUT2D eigenvalue weighted by atomic mass is 35.7. The van der Waals surface area contributed by atoms with Gasteiger partial charge in [-0.2, -0.15) is 0 Å². The van der Waals surface area contributed by atoms with Crippen molar-refractivity contribution in [3.8, 4) is 11.1 Å². The monoisotopic (exact) mass is 292 g/mol. The molecule has 0 fully saturated rings. The van der Waals surface area contributed by atoms with Crippen LogP contribution in [-0.4, -0.2) is 4.21 Å². The number of benzene rings is 2. The molecule has 0 heterocycles. The van der Waals surface area contributed by atoms with Crippen LogP contribution < -0.4 is 0 Å². The molecule has 0 spiro atoms. The maximum Gasteiger partial charge on any atom is 0.148 e. The average molecular weight is 293 g/mol. The van der Waals surface area contributed by atoms with E-state index in [4.69, 9.17) is 10.7 Å². The smallest absolute Gasteiger partial charge is 0.148 e. The Hall–Kier alpha value is -1.12. The lowest BCUT2D eigenvalue weighted by atomic mass is 9.82. The minimum absolute atomic E-state index is 0.0253. The van der Waals surface area contributed by atoms with Gasteiger partial charge in [0.1, 0.15) is 10.0 Å². The number of rotatable bonds is 2. The van der Waals surface area contributed by atoms with E-state index in [2.05, 4.69) is 32.9 Å². The van der Waals surface area contributed by atoms with Gasteiger partial charge >= 0.3 is 0 Å². The summed E-state index contributed by atoms with van der Waals surface area (Å²) in [6.07, 6.45) is 0. The summed E-state index contributed by atoms with van der Waals surface area (Å²) in [5.74, 6) is 0. The van der Waals surface area contributed by atoms with Crippen molar-refractivity contribution in [3.63, 3.8) is 0 Å². The molecule has 1 unspecified atom stereocenters. The van der Waals surface area contributed by atoms with Crippen molar-refractivity contribution in [1.82, 2.24) is 0 Å². The molecular formula is C16H17ClOS. The molecule has 0 aliphatic carbocycles. The first-order valence-electron chi connectivity index (χ1n) is 6.18. The molecule has 0 saturated carbocycles. The molecule has 0 aromatic heterocycles. The molecule has 0 saturated heterocycles. The Bertz CT molecular complexity index is 614. The minimum Gasteiger partial charge on any atom is -0.237 e. The molecule has 0 aliphatic heterocycles. The van der Waals surface area contributed by atoms with Gasteiger partial charge in [0.25, 0.3) is 0 Å². The van der Waals surface area contributed by atoms with E-state index in [0.717, 1.165) is 11.1 Å². The van der Waals surface area contributed by atoms with Crippen LogP contribution in [0.15, 0.2) is 53.4 Å². The van der Waals surface area contributed by atoms with E-state index in [1.807, 2.05) is 36.4 Å². The quantitative estimate of drug-likeness (QED) is 0.719. The first-order chi connectivity index (χ1) is 8.91. The molecule has 0 radical (unpaired) electrons. The molecule has 100 valence electrons. The second-order valence-corrected chi connectivity index (χ2v) is 7.24. The van der Waals surface area contributed by atoms with Gasteiger partial charge in [0.15, 0.2) is 0 Å². The summed E-state index contributed by atoms with van der Waals surface area (Å²) in [5, 5.41) is 0. The van der Waals surface area contributed by atoms with Crippen molar-refractivity contribution >= 4 is 20.7 Å². The normalized spacial score (nSPS) is 13.3. The Balaban J connectivity index is 2.70. The molecule has 2 aromatic rings. The average Bonchev–Trinajstić information content (AvgIpc) is 2.37. The molecule has 2 aromatic carbocycles. The third-order valence-corrected chi connectivity index (χ3v) is 4.29. The lowest BCUT2D eigenvalue weighted by molar-refractivity contribution is 0.592. The fraction of sp³-hybridized carbons (Fsp3) is 0.250. The van der Waals surface area contributed by atoms with Gasteiger partial charge in [-0.15, -0.1) is 0 Å². The van der Waals surface area contributed by atoms with Gasteiger partial charge in [0.05, 0.1) is 4.90 Å². The standard InChI is InChI=1S/C16H17ClOS/c1-16(2,3)14-10-6-4-8-12(14)13-9-5-7-11-15(13)19(17)18/h4-11H,1-3H3. The molecule has 0 N–H and O–H groups in total. The molecule has 2 rings (SSSR count).